The van der Waals surface area contributed by atoms with Gasteiger partial charge in [0, 0.05) is 63.3 Å². The van der Waals surface area contributed by atoms with Crippen molar-refractivity contribution in [2.75, 3.05) is 31.1 Å². The molecule has 0 unspecified atom stereocenters. The number of hydrogen-bond acceptors (Lipinski definition) is 5. The van der Waals surface area contributed by atoms with Crippen molar-refractivity contribution in [1.82, 2.24) is 19.0 Å². The van der Waals surface area contributed by atoms with Gasteiger partial charge in [-0.3, -0.25) is 19.1 Å². The van der Waals surface area contributed by atoms with Gasteiger partial charge in [0.15, 0.2) is 0 Å². The third-order valence-corrected chi connectivity index (χ3v) is 6.90. The Kier molecular flexibility index (Phi) is 5.36. The molecule has 162 valence electrons. The van der Waals surface area contributed by atoms with Crippen molar-refractivity contribution in [2.45, 2.75) is 38.3 Å². The zero-order valence-corrected chi connectivity index (χ0v) is 18.0. The summed E-state index contributed by atoms with van der Waals surface area (Å²) in [4.78, 5) is 34.2. The fraction of sp³-hybridized carbons (Fsp3) is 0.458. The number of benzene rings is 1. The molecule has 1 saturated carbocycles. The Morgan fingerprint density at radius 1 is 1.00 bits per heavy atom. The summed E-state index contributed by atoms with van der Waals surface area (Å²) in [5, 5.41) is 0.710. The Labute approximate surface area is 181 Å². The monoisotopic (exact) mass is 419 g/mol. The first-order valence-corrected chi connectivity index (χ1v) is 11.2. The SMILES string of the molecule is Cn1c(CN2CCN(c3ccc4c(=O)n(C5CCCC5)cnc4c3)CC2)cccc1=O. The maximum Gasteiger partial charge on any atom is 0.261 e. The van der Waals surface area contributed by atoms with E-state index in [9.17, 15) is 9.59 Å². The lowest BCUT2D eigenvalue weighted by Gasteiger charge is -2.36. The smallest absolute Gasteiger partial charge is 0.261 e. The zero-order valence-electron chi connectivity index (χ0n) is 18.0. The van der Waals surface area contributed by atoms with Crippen LogP contribution >= 0.6 is 0 Å². The van der Waals surface area contributed by atoms with E-state index in [-0.39, 0.29) is 11.1 Å². The summed E-state index contributed by atoms with van der Waals surface area (Å²) in [6.45, 7) is 4.45. The second kappa shape index (κ2) is 8.30. The molecule has 0 N–H and O–H groups in total. The number of anilines is 1. The van der Waals surface area contributed by atoms with Gasteiger partial charge < -0.3 is 9.47 Å². The second-order valence-electron chi connectivity index (χ2n) is 8.77. The molecule has 3 heterocycles. The van der Waals surface area contributed by atoms with Crippen molar-refractivity contribution in [1.29, 1.82) is 0 Å². The average molecular weight is 420 g/mol. The minimum atomic E-state index is 0.0341. The van der Waals surface area contributed by atoms with Gasteiger partial charge in [-0.1, -0.05) is 18.9 Å². The highest BCUT2D eigenvalue weighted by Crippen LogP contribution is 2.28. The van der Waals surface area contributed by atoms with Crippen LogP contribution in [0.25, 0.3) is 10.9 Å². The Hall–Kier alpha value is -2.93. The highest BCUT2D eigenvalue weighted by atomic mass is 16.1. The summed E-state index contributed by atoms with van der Waals surface area (Å²) >= 11 is 0. The van der Waals surface area contributed by atoms with Crippen LogP contribution in [-0.2, 0) is 13.6 Å². The van der Waals surface area contributed by atoms with E-state index >= 15 is 0 Å². The zero-order chi connectivity index (χ0) is 21.4. The molecule has 31 heavy (non-hydrogen) atoms. The van der Waals surface area contributed by atoms with E-state index < -0.39 is 0 Å². The van der Waals surface area contributed by atoms with Crippen LogP contribution in [0, 0.1) is 0 Å². The number of piperazine rings is 1. The molecular formula is C24H29N5O2. The minimum absolute atomic E-state index is 0.0341. The molecule has 2 fully saturated rings. The first-order valence-electron chi connectivity index (χ1n) is 11.2. The molecule has 0 atom stereocenters. The molecule has 3 aromatic rings. The van der Waals surface area contributed by atoms with E-state index in [1.807, 2.05) is 35.9 Å². The van der Waals surface area contributed by atoms with Crippen molar-refractivity contribution in [2.24, 2.45) is 7.05 Å². The number of aromatic nitrogens is 3. The van der Waals surface area contributed by atoms with Gasteiger partial charge in [0.05, 0.1) is 17.2 Å². The maximum absolute atomic E-state index is 12.9. The summed E-state index contributed by atoms with van der Waals surface area (Å²) in [6.07, 6.45) is 6.28. The minimum Gasteiger partial charge on any atom is -0.369 e. The summed E-state index contributed by atoms with van der Waals surface area (Å²) in [6, 6.07) is 11.8. The van der Waals surface area contributed by atoms with E-state index in [2.05, 4.69) is 20.9 Å². The van der Waals surface area contributed by atoms with E-state index in [0.717, 1.165) is 62.5 Å². The number of rotatable bonds is 4. The van der Waals surface area contributed by atoms with Crippen LogP contribution in [-0.4, -0.2) is 45.2 Å². The fourth-order valence-corrected chi connectivity index (χ4v) is 4.92. The highest BCUT2D eigenvalue weighted by Gasteiger charge is 2.21. The molecular weight excluding hydrogens is 390 g/mol. The molecule has 1 aromatic carbocycles. The second-order valence-corrected chi connectivity index (χ2v) is 8.77. The van der Waals surface area contributed by atoms with E-state index in [1.165, 1.54) is 12.8 Å². The Balaban J connectivity index is 1.29. The lowest BCUT2D eigenvalue weighted by molar-refractivity contribution is 0.244. The van der Waals surface area contributed by atoms with E-state index in [1.54, 1.807) is 17.0 Å². The quantitative estimate of drug-likeness (QED) is 0.650. The van der Waals surface area contributed by atoms with Crippen molar-refractivity contribution < 1.29 is 0 Å². The molecule has 0 amide bonds. The van der Waals surface area contributed by atoms with Gasteiger partial charge in [0.1, 0.15) is 0 Å². The lowest BCUT2D eigenvalue weighted by Crippen LogP contribution is -2.46. The molecule has 1 aliphatic heterocycles. The van der Waals surface area contributed by atoms with Gasteiger partial charge >= 0.3 is 0 Å². The first-order chi connectivity index (χ1) is 15.1. The van der Waals surface area contributed by atoms with Crippen molar-refractivity contribution in [3.63, 3.8) is 0 Å². The van der Waals surface area contributed by atoms with Crippen LogP contribution in [0.3, 0.4) is 0 Å². The van der Waals surface area contributed by atoms with Crippen molar-refractivity contribution >= 4 is 16.6 Å². The predicted molar refractivity (Wildman–Crippen MR) is 123 cm³/mol. The third kappa shape index (κ3) is 3.90. The molecule has 0 radical (unpaired) electrons. The van der Waals surface area contributed by atoms with Crippen LogP contribution in [0.15, 0.2) is 52.3 Å². The Bertz CT molecular complexity index is 1200. The number of fused-ring (bicyclic) bond motifs is 1. The van der Waals surface area contributed by atoms with Gasteiger partial charge in [0.2, 0.25) is 5.56 Å². The summed E-state index contributed by atoms with van der Waals surface area (Å²) in [7, 11) is 1.83. The molecule has 2 aromatic heterocycles. The van der Waals surface area contributed by atoms with Crippen molar-refractivity contribution in [3.8, 4) is 0 Å². The van der Waals surface area contributed by atoms with Gasteiger partial charge in [-0.15, -0.1) is 0 Å². The fourth-order valence-electron chi connectivity index (χ4n) is 4.92. The molecule has 1 aliphatic carbocycles. The molecule has 0 bridgehead atoms. The molecule has 7 heteroatoms. The lowest BCUT2D eigenvalue weighted by atomic mass is 10.1. The summed E-state index contributed by atoms with van der Waals surface area (Å²) in [5.74, 6) is 0. The molecule has 0 spiro atoms. The predicted octanol–water partition coefficient (Wildman–Crippen LogP) is 2.53. The standard InChI is InChI=1S/C24H29N5O2/c1-26-20(7-4-8-23(26)30)16-27-11-13-28(14-12-27)19-9-10-21-22(15-19)25-17-29(24(21)31)18-5-2-3-6-18/h4,7-10,15,17-18H,2-3,5-6,11-14,16H2,1H3. The Morgan fingerprint density at radius 3 is 2.55 bits per heavy atom. The van der Waals surface area contributed by atoms with Gasteiger partial charge in [-0.05, 0) is 37.1 Å². The van der Waals surface area contributed by atoms with Gasteiger partial charge in [-0.25, -0.2) is 4.98 Å². The molecule has 1 saturated heterocycles. The molecule has 2 aliphatic rings. The van der Waals surface area contributed by atoms with Crippen LogP contribution in [0.1, 0.15) is 37.4 Å². The van der Waals surface area contributed by atoms with E-state index in [0.29, 0.717) is 11.4 Å². The van der Waals surface area contributed by atoms with Gasteiger partial charge in [-0.2, -0.15) is 0 Å². The number of pyridine rings is 1. The number of nitrogens with zero attached hydrogens (tertiary/aromatic N) is 5. The van der Waals surface area contributed by atoms with Crippen LogP contribution in [0.2, 0.25) is 0 Å². The van der Waals surface area contributed by atoms with Crippen LogP contribution in [0.4, 0.5) is 5.69 Å². The maximum atomic E-state index is 12.9. The van der Waals surface area contributed by atoms with E-state index in [4.69, 9.17) is 0 Å². The average Bonchev–Trinajstić information content (AvgIpc) is 3.32. The largest absolute Gasteiger partial charge is 0.369 e. The van der Waals surface area contributed by atoms with Crippen LogP contribution < -0.4 is 16.0 Å². The first kappa shape index (κ1) is 20.0. The van der Waals surface area contributed by atoms with Crippen molar-refractivity contribution in [3.05, 3.63) is 69.1 Å². The molecule has 5 rings (SSSR count). The van der Waals surface area contributed by atoms with Gasteiger partial charge in [0.25, 0.3) is 5.56 Å². The third-order valence-electron chi connectivity index (χ3n) is 6.90. The normalized spacial score (nSPS) is 18.2. The summed E-state index contributed by atoms with van der Waals surface area (Å²) in [5.41, 5.74) is 3.05. The highest BCUT2D eigenvalue weighted by molar-refractivity contribution is 5.81. The van der Waals surface area contributed by atoms with Crippen LogP contribution in [0.5, 0.6) is 0 Å². The summed E-state index contributed by atoms with van der Waals surface area (Å²) < 4.78 is 3.56. The topological polar surface area (TPSA) is 63.4 Å². The molecule has 7 nitrogen and oxygen atoms in total. The number of hydrogen-bond donors (Lipinski definition) is 0. The Morgan fingerprint density at radius 2 is 1.77 bits per heavy atom.